The van der Waals surface area contributed by atoms with Gasteiger partial charge in [-0.1, -0.05) is 33.1 Å². The lowest BCUT2D eigenvalue weighted by Crippen LogP contribution is -2.49. The lowest BCUT2D eigenvalue weighted by molar-refractivity contribution is -0.124. The zero-order valence-corrected chi connectivity index (χ0v) is 12.7. The zero-order chi connectivity index (χ0) is 13.7. The highest BCUT2D eigenvalue weighted by Gasteiger charge is 2.26. The van der Waals surface area contributed by atoms with Crippen molar-refractivity contribution in [2.75, 3.05) is 13.1 Å². The Balaban J connectivity index is 1.79. The van der Waals surface area contributed by atoms with Crippen molar-refractivity contribution in [1.82, 2.24) is 10.2 Å². The molecule has 3 nitrogen and oxygen atoms in total. The molecule has 110 valence electrons. The molecule has 1 amide bonds. The lowest BCUT2D eigenvalue weighted by atomic mass is 9.86. The van der Waals surface area contributed by atoms with Crippen LogP contribution >= 0.6 is 0 Å². The Kier molecular flexibility index (Phi) is 5.68. The summed E-state index contributed by atoms with van der Waals surface area (Å²) >= 11 is 0. The first-order valence-electron chi connectivity index (χ1n) is 8.24. The number of likely N-dealkylation sites (tertiary alicyclic amines) is 1. The fourth-order valence-corrected chi connectivity index (χ4v) is 3.70. The maximum atomic E-state index is 12.2. The summed E-state index contributed by atoms with van der Waals surface area (Å²) in [6.45, 7) is 6.23. The van der Waals surface area contributed by atoms with Crippen molar-refractivity contribution in [1.29, 1.82) is 0 Å². The van der Waals surface area contributed by atoms with Gasteiger partial charge >= 0.3 is 0 Å². The van der Waals surface area contributed by atoms with E-state index in [9.17, 15) is 4.79 Å². The summed E-state index contributed by atoms with van der Waals surface area (Å²) in [6, 6.07) is 1.05. The normalized spacial score (nSPS) is 33.1. The summed E-state index contributed by atoms with van der Waals surface area (Å²) in [5.74, 6) is 0.903. The van der Waals surface area contributed by atoms with Crippen molar-refractivity contribution in [3.05, 3.63) is 0 Å². The second-order valence-corrected chi connectivity index (χ2v) is 6.46. The molecule has 0 aromatic rings. The van der Waals surface area contributed by atoms with E-state index in [1.165, 1.54) is 51.4 Å². The molecular weight excluding hydrogens is 236 g/mol. The molecule has 2 fully saturated rings. The highest BCUT2D eigenvalue weighted by atomic mass is 16.2. The molecule has 1 heterocycles. The molecule has 3 heteroatoms. The van der Waals surface area contributed by atoms with E-state index in [2.05, 4.69) is 24.1 Å². The number of carbonyl (C=O) groups excluding carboxylic acids is 1. The second kappa shape index (κ2) is 7.28. The van der Waals surface area contributed by atoms with Crippen LogP contribution in [0.1, 0.15) is 65.2 Å². The van der Waals surface area contributed by atoms with E-state index in [0.29, 0.717) is 24.5 Å². The van der Waals surface area contributed by atoms with Gasteiger partial charge in [0.25, 0.3) is 0 Å². The summed E-state index contributed by atoms with van der Waals surface area (Å²) in [6.07, 6.45) is 10.1. The topological polar surface area (TPSA) is 32.3 Å². The first-order valence-corrected chi connectivity index (χ1v) is 8.24. The minimum atomic E-state index is 0.249. The first kappa shape index (κ1) is 14.8. The van der Waals surface area contributed by atoms with Crippen LogP contribution in [0.2, 0.25) is 0 Å². The zero-order valence-electron chi connectivity index (χ0n) is 12.7. The average molecular weight is 266 g/mol. The third-order valence-electron chi connectivity index (χ3n) is 5.02. The number of carbonyl (C=O) groups is 1. The standard InChI is InChI=1S/C16H30N2O/c1-3-14-9-6-7-11-18(14)12-16(19)17-15-10-5-4-8-13(15)2/h13-15H,3-12H2,1-2H3,(H,17,19)/t13-,14+,15+/m0/s1. The van der Waals surface area contributed by atoms with Crippen LogP contribution in [0.4, 0.5) is 0 Å². The maximum Gasteiger partial charge on any atom is 0.234 e. The molecule has 1 saturated heterocycles. The molecule has 0 bridgehead atoms. The van der Waals surface area contributed by atoms with E-state index in [0.717, 1.165) is 6.54 Å². The Morgan fingerprint density at radius 1 is 1.16 bits per heavy atom. The minimum absolute atomic E-state index is 0.249. The number of piperidine rings is 1. The smallest absolute Gasteiger partial charge is 0.234 e. The number of nitrogens with zero attached hydrogens (tertiary/aromatic N) is 1. The van der Waals surface area contributed by atoms with Gasteiger partial charge in [-0.15, -0.1) is 0 Å². The highest BCUT2D eigenvalue weighted by Crippen LogP contribution is 2.24. The van der Waals surface area contributed by atoms with Crippen LogP contribution in [0.15, 0.2) is 0 Å². The van der Waals surface area contributed by atoms with Gasteiger partial charge in [-0.3, -0.25) is 9.69 Å². The molecule has 0 spiro atoms. The van der Waals surface area contributed by atoms with Crippen LogP contribution < -0.4 is 5.32 Å². The van der Waals surface area contributed by atoms with Gasteiger partial charge in [0.2, 0.25) is 5.91 Å². The highest BCUT2D eigenvalue weighted by molar-refractivity contribution is 5.78. The third kappa shape index (κ3) is 4.20. The minimum Gasteiger partial charge on any atom is -0.352 e. The molecule has 1 saturated carbocycles. The second-order valence-electron chi connectivity index (χ2n) is 6.46. The van der Waals surface area contributed by atoms with Crippen LogP contribution in [0.25, 0.3) is 0 Å². The summed E-state index contributed by atoms with van der Waals surface area (Å²) in [4.78, 5) is 14.6. The van der Waals surface area contributed by atoms with Crippen molar-refractivity contribution in [2.45, 2.75) is 77.3 Å². The maximum absolute atomic E-state index is 12.2. The Labute approximate surface area is 118 Å². The number of rotatable bonds is 4. The van der Waals surface area contributed by atoms with Crippen LogP contribution in [0.5, 0.6) is 0 Å². The monoisotopic (exact) mass is 266 g/mol. The molecule has 1 aliphatic heterocycles. The van der Waals surface area contributed by atoms with Crippen molar-refractivity contribution in [3.63, 3.8) is 0 Å². The van der Waals surface area contributed by atoms with Crippen LogP contribution in [0, 0.1) is 5.92 Å². The van der Waals surface area contributed by atoms with Crippen LogP contribution in [0.3, 0.4) is 0 Å². The quantitative estimate of drug-likeness (QED) is 0.848. The predicted molar refractivity (Wildman–Crippen MR) is 79.1 cm³/mol. The van der Waals surface area contributed by atoms with Crippen molar-refractivity contribution >= 4 is 5.91 Å². The van der Waals surface area contributed by atoms with Crippen molar-refractivity contribution in [3.8, 4) is 0 Å². The molecule has 2 rings (SSSR count). The molecule has 0 radical (unpaired) electrons. The first-order chi connectivity index (χ1) is 9.20. The summed E-state index contributed by atoms with van der Waals surface area (Å²) in [5.41, 5.74) is 0. The van der Waals surface area contributed by atoms with E-state index in [4.69, 9.17) is 0 Å². The van der Waals surface area contributed by atoms with Crippen molar-refractivity contribution in [2.24, 2.45) is 5.92 Å². The Morgan fingerprint density at radius 3 is 2.63 bits per heavy atom. The molecule has 0 aromatic heterocycles. The third-order valence-corrected chi connectivity index (χ3v) is 5.02. The molecule has 1 aliphatic carbocycles. The predicted octanol–water partition coefficient (Wildman–Crippen LogP) is 2.95. The van der Waals surface area contributed by atoms with Gasteiger partial charge in [-0.25, -0.2) is 0 Å². The number of nitrogens with one attached hydrogen (secondary N) is 1. The molecular formula is C16H30N2O. The van der Waals surface area contributed by atoms with Gasteiger partial charge in [0.05, 0.1) is 6.54 Å². The van der Waals surface area contributed by atoms with Gasteiger partial charge in [-0.05, 0) is 44.6 Å². The molecule has 0 aromatic carbocycles. The van der Waals surface area contributed by atoms with E-state index < -0.39 is 0 Å². The van der Waals surface area contributed by atoms with Gasteiger partial charge in [0, 0.05) is 12.1 Å². The Hall–Kier alpha value is -0.570. The van der Waals surface area contributed by atoms with E-state index in [-0.39, 0.29) is 5.91 Å². The molecule has 19 heavy (non-hydrogen) atoms. The van der Waals surface area contributed by atoms with Gasteiger partial charge in [0.15, 0.2) is 0 Å². The molecule has 2 aliphatic rings. The van der Waals surface area contributed by atoms with Gasteiger partial charge in [0.1, 0.15) is 0 Å². The lowest BCUT2D eigenvalue weighted by Gasteiger charge is -2.36. The molecule has 0 unspecified atom stereocenters. The fraction of sp³-hybridized carbons (Fsp3) is 0.938. The van der Waals surface area contributed by atoms with Crippen molar-refractivity contribution < 1.29 is 4.79 Å². The average Bonchev–Trinajstić information content (AvgIpc) is 2.42. The number of amides is 1. The molecule has 1 N–H and O–H groups in total. The summed E-state index contributed by atoms with van der Waals surface area (Å²) in [7, 11) is 0. The Bertz CT molecular complexity index is 292. The molecule has 3 atom stereocenters. The van der Waals surface area contributed by atoms with E-state index >= 15 is 0 Å². The van der Waals surface area contributed by atoms with Crippen LogP contribution in [-0.4, -0.2) is 36.0 Å². The largest absolute Gasteiger partial charge is 0.352 e. The van der Waals surface area contributed by atoms with E-state index in [1.54, 1.807) is 0 Å². The van der Waals surface area contributed by atoms with Gasteiger partial charge in [-0.2, -0.15) is 0 Å². The summed E-state index contributed by atoms with van der Waals surface area (Å²) < 4.78 is 0. The van der Waals surface area contributed by atoms with Gasteiger partial charge < -0.3 is 5.32 Å². The van der Waals surface area contributed by atoms with E-state index in [1.807, 2.05) is 0 Å². The summed E-state index contributed by atoms with van der Waals surface area (Å²) in [5, 5.41) is 3.28. The van der Waals surface area contributed by atoms with Crippen LogP contribution in [-0.2, 0) is 4.79 Å². The fourth-order valence-electron chi connectivity index (χ4n) is 3.70. The Morgan fingerprint density at radius 2 is 1.89 bits per heavy atom. The SMILES string of the molecule is CC[C@@H]1CCCCN1CC(=O)N[C@@H]1CCCC[C@@H]1C. The number of hydrogen-bond acceptors (Lipinski definition) is 2. The number of hydrogen-bond donors (Lipinski definition) is 1.